The van der Waals surface area contributed by atoms with E-state index in [0.29, 0.717) is 5.02 Å². The minimum absolute atomic E-state index is 0.0756. The second kappa shape index (κ2) is 5.34. The summed E-state index contributed by atoms with van der Waals surface area (Å²) in [6, 6.07) is 4.77. The summed E-state index contributed by atoms with van der Waals surface area (Å²) in [5.74, 6) is -0.300. The molecule has 2 rings (SSSR count). The van der Waals surface area contributed by atoms with Crippen molar-refractivity contribution in [1.82, 2.24) is 4.90 Å². The van der Waals surface area contributed by atoms with Gasteiger partial charge in [-0.05, 0) is 43.6 Å². The summed E-state index contributed by atoms with van der Waals surface area (Å²) in [5, 5.41) is 0.478. The highest BCUT2D eigenvalue weighted by Crippen LogP contribution is 2.34. The van der Waals surface area contributed by atoms with Gasteiger partial charge in [0.1, 0.15) is 5.82 Å². The number of rotatable bonds is 2. The normalized spacial score (nSPS) is 26.1. The lowest BCUT2D eigenvalue weighted by Crippen LogP contribution is -2.45. The third-order valence-corrected chi connectivity index (χ3v) is 3.80. The molecule has 1 aliphatic heterocycles. The van der Waals surface area contributed by atoms with E-state index in [9.17, 15) is 4.39 Å². The van der Waals surface area contributed by atoms with Gasteiger partial charge in [0, 0.05) is 11.1 Å². The Morgan fingerprint density at radius 1 is 1.53 bits per heavy atom. The number of hydrogen-bond acceptors (Lipinski definition) is 2. The fourth-order valence-corrected chi connectivity index (χ4v) is 2.90. The average molecular weight is 257 g/mol. The van der Waals surface area contributed by atoms with Gasteiger partial charge in [-0.25, -0.2) is 4.39 Å². The topological polar surface area (TPSA) is 29.3 Å². The lowest BCUT2D eigenvalue weighted by Gasteiger charge is -2.39. The van der Waals surface area contributed by atoms with Crippen LogP contribution in [0.3, 0.4) is 0 Å². The van der Waals surface area contributed by atoms with Crippen molar-refractivity contribution in [2.24, 2.45) is 5.73 Å². The number of hydrogen-bond donors (Lipinski definition) is 1. The summed E-state index contributed by atoms with van der Waals surface area (Å²) in [5.41, 5.74) is 7.14. The second-order valence-corrected chi connectivity index (χ2v) is 4.95. The molecule has 0 amide bonds. The van der Waals surface area contributed by atoms with Gasteiger partial charge in [0.2, 0.25) is 0 Å². The highest BCUT2D eigenvalue weighted by Gasteiger charge is 2.30. The number of likely N-dealkylation sites (N-methyl/N-ethyl adjacent to an activating group) is 1. The van der Waals surface area contributed by atoms with Crippen LogP contribution in [0.2, 0.25) is 5.02 Å². The molecule has 94 valence electrons. The van der Waals surface area contributed by atoms with E-state index < -0.39 is 0 Å². The molecule has 2 N–H and O–H groups in total. The van der Waals surface area contributed by atoms with Crippen LogP contribution in [0.4, 0.5) is 4.39 Å². The molecular formula is C13H18ClFN2. The molecule has 0 saturated carbocycles. The number of nitrogens with zero attached hydrogens (tertiary/aromatic N) is 1. The minimum Gasteiger partial charge on any atom is -0.326 e. The van der Waals surface area contributed by atoms with Crippen LogP contribution in [-0.4, -0.2) is 24.0 Å². The highest BCUT2D eigenvalue weighted by atomic mass is 35.5. The van der Waals surface area contributed by atoms with Gasteiger partial charge in [0.25, 0.3) is 0 Å². The fourth-order valence-electron chi connectivity index (χ4n) is 2.62. The van der Waals surface area contributed by atoms with E-state index in [4.69, 9.17) is 17.3 Å². The Balaban J connectivity index is 2.34. The Morgan fingerprint density at radius 2 is 2.29 bits per heavy atom. The van der Waals surface area contributed by atoms with Crippen LogP contribution in [-0.2, 0) is 0 Å². The van der Waals surface area contributed by atoms with Gasteiger partial charge in [-0.15, -0.1) is 0 Å². The number of likely N-dealkylation sites (tertiary alicyclic amines) is 1. The van der Waals surface area contributed by atoms with Crippen molar-refractivity contribution in [3.8, 4) is 0 Å². The van der Waals surface area contributed by atoms with Gasteiger partial charge < -0.3 is 5.73 Å². The van der Waals surface area contributed by atoms with Gasteiger partial charge in [-0.3, -0.25) is 4.90 Å². The fraction of sp³-hybridized carbons (Fsp3) is 0.538. The molecule has 1 aromatic carbocycles. The second-order valence-electron chi connectivity index (χ2n) is 4.55. The minimum atomic E-state index is -0.300. The Bertz CT molecular complexity index is 397. The van der Waals surface area contributed by atoms with Crippen molar-refractivity contribution >= 4 is 11.6 Å². The van der Waals surface area contributed by atoms with Crippen molar-refractivity contribution in [2.75, 3.05) is 13.1 Å². The summed E-state index contributed by atoms with van der Waals surface area (Å²) < 4.78 is 13.1. The quantitative estimate of drug-likeness (QED) is 0.882. The third-order valence-electron chi connectivity index (χ3n) is 3.47. The van der Waals surface area contributed by atoms with E-state index in [1.54, 1.807) is 6.07 Å². The summed E-state index contributed by atoms with van der Waals surface area (Å²) >= 11 is 6.13. The first-order valence-corrected chi connectivity index (χ1v) is 6.46. The smallest absolute Gasteiger partial charge is 0.124 e. The van der Waals surface area contributed by atoms with E-state index in [0.717, 1.165) is 31.5 Å². The molecule has 1 aromatic rings. The zero-order valence-corrected chi connectivity index (χ0v) is 10.8. The maximum atomic E-state index is 13.1. The van der Waals surface area contributed by atoms with Crippen LogP contribution in [0.15, 0.2) is 18.2 Å². The first-order valence-electron chi connectivity index (χ1n) is 6.08. The Labute approximate surface area is 107 Å². The molecule has 0 aromatic heterocycles. The first-order chi connectivity index (χ1) is 8.13. The molecule has 0 bridgehead atoms. The monoisotopic (exact) mass is 256 g/mol. The van der Waals surface area contributed by atoms with Gasteiger partial charge in [0.05, 0.1) is 6.04 Å². The van der Waals surface area contributed by atoms with Crippen molar-refractivity contribution in [3.63, 3.8) is 0 Å². The van der Waals surface area contributed by atoms with Crippen LogP contribution in [0.5, 0.6) is 0 Å². The molecule has 0 spiro atoms. The molecule has 1 aliphatic rings. The van der Waals surface area contributed by atoms with Crippen LogP contribution < -0.4 is 5.73 Å². The number of benzene rings is 1. The summed E-state index contributed by atoms with van der Waals surface area (Å²) in [6.07, 6.45) is 2.11. The Morgan fingerprint density at radius 3 is 2.94 bits per heavy atom. The van der Waals surface area contributed by atoms with Crippen LogP contribution in [0, 0.1) is 5.82 Å². The van der Waals surface area contributed by atoms with E-state index in [-0.39, 0.29) is 17.9 Å². The Hall–Kier alpha value is -0.640. The van der Waals surface area contributed by atoms with Crippen molar-refractivity contribution in [2.45, 2.75) is 31.8 Å². The molecule has 1 fully saturated rings. The summed E-state index contributed by atoms with van der Waals surface area (Å²) in [4.78, 5) is 2.31. The van der Waals surface area contributed by atoms with Gasteiger partial charge in [-0.2, -0.15) is 0 Å². The predicted octanol–water partition coefficient (Wildman–Crippen LogP) is 2.96. The molecule has 2 nitrogen and oxygen atoms in total. The maximum Gasteiger partial charge on any atom is 0.124 e. The number of nitrogens with two attached hydrogens (primary N) is 1. The standard InChI is InChI=1S/C13H18ClFN2/c1-2-17-7-3-4-12(16)13(17)10-6-5-9(15)8-11(10)14/h5-6,8,12-13H,2-4,7,16H2,1H3. The lowest BCUT2D eigenvalue weighted by molar-refractivity contribution is 0.136. The lowest BCUT2D eigenvalue weighted by atomic mass is 9.91. The van der Waals surface area contributed by atoms with Crippen LogP contribution in [0.1, 0.15) is 31.4 Å². The van der Waals surface area contributed by atoms with Gasteiger partial charge in [-0.1, -0.05) is 24.6 Å². The van der Waals surface area contributed by atoms with Crippen molar-refractivity contribution < 1.29 is 4.39 Å². The summed E-state index contributed by atoms with van der Waals surface area (Å²) in [7, 11) is 0. The van der Waals surface area contributed by atoms with E-state index in [1.807, 2.05) is 0 Å². The molecule has 0 radical (unpaired) electrons. The zero-order chi connectivity index (χ0) is 12.4. The summed E-state index contributed by atoms with van der Waals surface area (Å²) in [6.45, 7) is 4.08. The van der Waals surface area contributed by atoms with E-state index >= 15 is 0 Å². The molecule has 1 heterocycles. The zero-order valence-electron chi connectivity index (χ0n) is 10.00. The van der Waals surface area contributed by atoms with Crippen LogP contribution in [0.25, 0.3) is 0 Å². The predicted molar refractivity (Wildman–Crippen MR) is 68.6 cm³/mol. The number of halogens is 2. The first kappa shape index (κ1) is 12.8. The number of piperidine rings is 1. The largest absolute Gasteiger partial charge is 0.326 e. The van der Waals surface area contributed by atoms with Crippen molar-refractivity contribution in [3.05, 3.63) is 34.6 Å². The van der Waals surface area contributed by atoms with E-state index in [1.165, 1.54) is 12.1 Å². The average Bonchev–Trinajstić information content (AvgIpc) is 2.30. The van der Waals surface area contributed by atoms with Crippen molar-refractivity contribution in [1.29, 1.82) is 0 Å². The van der Waals surface area contributed by atoms with Gasteiger partial charge in [0.15, 0.2) is 0 Å². The SMILES string of the molecule is CCN1CCCC(N)C1c1ccc(F)cc1Cl. The van der Waals surface area contributed by atoms with E-state index in [2.05, 4.69) is 11.8 Å². The van der Waals surface area contributed by atoms with Crippen LogP contribution >= 0.6 is 11.6 Å². The molecule has 2 unspecified atom stereocenters. The van der Waals surface area contributed by atoms with Gasteiger partial charge >= 0.3 is 0 Å². The third kappa shape index (κ3) is 2.62. The molecule has 4 heteroatoms. The molecule has 2 atom stereocenters. The molecule has 17 heavy (non-hydrogen) atoms. The molecule has 1 saturated heterocycles. The highest BCUT2D eigenvalue weighted by molar-refractivity contribution is 6.31. The molecule has 0 aliphatic carbocycles. The maximum absolute atomic E-state index is 13.1. The Kier molecular flexibility index (Phi) is 4.02. The molecular weight excluding hydrogens is 239 g/mol.